The van der Waals surface area contributed by atoms with Crippen molar-refractivity contribution in [3.8, 4) is 0 Å². The third kappa shape index (κ3) is 3.94. The van der Waals surface area contributed by atoms with E-state index in [0.29, 0.717) is 18.9 Å². The van der Waals surface area contributed by atoms with Crippen molar-refractivity contribution in [3.05, 3.63) is 41.1 Å². The molecule has 1 aromatic carbocycles. The van der Waals surface area contributed by atoms with E-state index in [2.05, 4.69) is 34.2 Å². The zero-order chi connectivity index (χ0) is 17.1. The number of allylic oxidation sites excluding steroid dienone is 1. The monoisotopic (exact) mass is 338 g/mol. The predicted molar refractivity (Wildman–Crippen MR) is 100 cm³/mol. The van der Waals surface area contributed by atoms with Crippen LogP contribution in [0.3, 0.4) is 0 Å². The third-order valence-corrected chi connectivity index (χ3v) is 5.49. The Balaban J connectivity index is 1.41. The summed E-state index contributed by atoms with van der Waals surface area (Å²) in [4.78, 5) is 19.0. The first-order valence-electron chi connectivity index (χ1n) is 9.52. The largest absolute Gasteiger partial charge is 0.465 e. The Morgan fingerprint density at radius 3 is 2.96 bits per heavy atom. The number of aliphatic imine (C=N–C) groups is 1. The standard InChI is InChI=1S/C21H26N2O2/c24-21(25-15-16-4-1-5-16)13-17-8-9-18-6-3-11-23(20(18)12-17)14-19-7-2-10-22-19/h7-10,12,16H,1-6,11,13-15H2. The first-order chi connectivity index (χ1) is 12.3. The highest BCUT2D eigenvalue weighted by Crippen LogP contribution is 2.30. The van der Waals surface area contributed by atoms with Crippen LogP contribution in [0.15, 0.2) is 35.0 Å². The molecule has 4 heteroatoms. The van der Waals surface area contributed by atoms with E-state index in [0.717, 1.165) is 37.2 Å². The molecule has 1 aromatic rings. The molecule has 0 N–H and O–H groups in total. The van der Waals surface area contributed by atoms with Crippen molar-refractivity contribution in [1.29, 1.82) is 0 Å². The molecule has 25 heavy (non-hydrogen) atoms. The van der Waals surface area contributed by atoms with Gasteiger partial charge in [0.1, 0.15) is 0 Å². The van der Waals surface area contributed by atoms with E-state index in [9.17, 15) is 4.79 Å². The number of carbonyl (C=O) groups is 1. The molecule has 1 fully saturated rings. The normalized spacial score (nSPS) is 19.4. The Labute approximate surface area is 149 Å². The van der Waals surface area contributed by atoms with Gasteiger partial charge in [-0.15, -0.1) is 0 Å². The SMILES string of the molecule is O=C(Cc1ccc2c(c1)N(CC1=CCC=N1)CCC2)OCC1CCC1. The number of hydrogen-bond acceptors (Lipinski definition) is 4. The Hall–Kier alpha value is -2.10. The summed E-state index contributed by atoms with van der Waals surface area (Å²) in [7, 11) is 0. The van der Waals surface area contributed by atoms with E-state index in [1.807, 2.05) is 6.21 Å². The van der Waals surface area contributed by atoms with E-state index in [1.54, 1.807) is 0 Å². The molecule has 2 aliphatic heterocycles. The first kappa shape index (κ1) is 16.4. The molecule has 4 nitrogen and oxygen atoms in total. The maximum atomic E-state index is 12.1. The van der Waals surface area contributed by atoms with Crippen LogP contribution < -0.4 is 4.90 Å². The molecule has 0 radical (unpaired) electrons. The molecule has 1 saturated carbocycles. The molecule has 0 unspecified atom stereocenters. The number of anilines is 1. The van der Waals surface area contributed by atoms with E-state index in [-0.39, 0.29) is 5.97 Å². The average Bonchev–Trinajstić information content (AvgIpc) is 3.07. The minimum atomic E-state index is -0.0997. The third-order valence-electron chi connectivity index (χ3n) is 5.49. The van der Waals surface area contributed by atoms with Crippen LogP contribution in [0.25, 0.3) is 0 Å². The second kappa shape index (κ2) is 7.42. The van der Waals surface area contributed by atoms with Crippen molar-refractivity contribution in [2.75, 3.05) is 24.6 Å². The fourth-order valence-corrected chi connectivity index (χ4v) is 3.77. The summed E-state index contributed by atoms with van der Waals surface area (Å²) < 4.78 is 5.45. The first-order valence-corrected chi connectivity index (χ1v) is 9.52. The minimum absolute atomic E-state index is 0.0997. The number of aryl methyl sites for hydroxylation is 1. The number of benzene rings is 1. The van der Waals surface area contributed by atoms with Gasteiger partial charge in [0.05, 0.1) is 25.3 Å². The Bertz CT molecular complexity index is 704. The van der Waals surface area contributed by atoms with Crippen molar-refractivity contribution in [1.82, 2.24) is 0 Å². The van der Waals surface area contributed by atoms with Crippen LogP contribution in [0, 0.1) is 5.92 Å². The highest BCUT2D eigenvalue weighted by molar-refractivity contribution is 5.74. The molecule has 1 aliphatic carbocycles. The Morgan fingerprint density at radius 1 is 1.28 bits per heavy atom. The smallest absolute Gasteiger partial charge is 0.310 e. The van der Waals surface area contributed by atoms with Gasteiger partial charge in [-0.1, -0.05) is 24.6 Å². The van der Waals surface area contributed by atoms with E-state index in [1.165, 1.54) is 36.9 Å². The molecule has 0 spiro atoms. The average molecular weight is 338 g/mol. The minimum Gasteiger partial charge on any atom is -0.465 e. The number of nitrogens with zero attached hydrogens (tertiary/aromatic N) is 2. The van der Waals surface area contributed by atoms with Crippen LogP contribution in [0.2, 0.25) is 0 Å². The van der Waals surface area contributed by atoms with E-state index in [4.69, 9.17) is 4.74 Å². The number of fused-ring (bicyclic) bond motifs is 1. The quantitative estimate of drug-likeness (QED) is 0.743. The fraction of sp³-hybridized carbons (Fsp3) is 0.524. The lowest BCUT2D eigenvalue weighted by atomic mass is 9.86. The van der Waals surface area contributed by atoms with Gasteiger partial charge in [0.2, 0.25) is 0 Å². The molecular formula is C21H26N2O2. The summed E-state index contributed by atoms with van der Waals surface area (Å²) in [6.45, 7) is 2.51. The number of hydrogen-bond donors (Lipinski definition) is 0. The predicted octanol–water partition coefficient (Wildman–Crippen LogP) is 3.68. The van der Waals surface area contributed by atoms with Crippen LogP contribution >= 0.6 is 0 Å². The summed E-state index contributed by atoms with van der Waals surface area (Å²) in [5.74, 6) is 0.500. The van der Waals surface area contributed by atoms with Crippen LogP contribution in [0.5, 0.6) is 0 Å². The molecule has 4 rings (SSSR count). The van der Waals surface area contributed by atoms with E-state index < -0.39 is 0 Å². The zero-order valence-electron chi connectivity index (χ0n) is 14.7. The lowest BCUT2D eigenvalue weighted by Crippen LogP contribution is -2.31. The van der Waals surface area contributed by atoms with Gasteiger partial charge in [0.25, 0.3) is 0 Å². The van der Waals surface area contributed by atoms with Crippen LogP contribution in [-0.4, -0.2) is 31.9 Å². The highest BCUT2D eigenvalue weighted by atomic mass is 16.5. The van der Waals surface area contributed by atoms with Crippen LogP contribution in [-0.2, 0) is 22.4 Å². The lowest BCUT2D eigenvalue weighted by molar-refractivity contribution is -0.145. The van der Waals surface area contributed by atoms with Crippen molar-refractivity contribution in [2.24, 2.45) is 10.9 Å². The molecule has 0 amide bonds. The summed E-state index contributed by atoms with van der Waals surface area (Å²) in [5.41, 5.74) is 4.84. The lowest BCUT2D eigenvalue weighted by Gasteiger charge is -2.31. The van der Waals surface area contributed by atoms with Gasteiger partial charge in [-0.25, -0.2) is 0 Å². The Kier molecular flexibility index (Phi) is 4.86. The van der Waals surface area contributed by atoms with Gasteiger partial charge in [-0.05, 0) is 48.8 Å². The van der Waals surface area contributed by atoms with Gasteiger partial charge < -0.3 is 9.64 Å². The molecular weight excluding hydrogens is 312 g/mol. The molecule has 0 atom stereocenters. The molecule has 0 aromatic heterocycles. The van der Waals surface area contributed by atoms with Crippen molar-refractivity contribution in [2.45, 2.75) is 44.9 Å². The highest BCUT2D eigenvalue weighted by Gasteiger charge is 2.21. The summed E-state index contributed by atoms with van der Waals surface area (Å²) in [5, 5.41) is 0. The van der Waals surface area contributed by atoms with Crippen molar-refractivity contribution < 1.29 is 9.53 Å². The second-order valence-electron chi connectivity index (χ2n) is 7.39. The second-order valence-corrected chi connectivity index (χ2v) is 7.39. The molecule has 0 bridgehead atoms. The van der Waals surface area contributed by atoms with Gasteiger partial charge in [0.15, 0.2) is 0 Å². The molecule has 132 valence electrons. The topological polar surface area (TPSA) is 41.9 Å². The maximum Gasteiger partial charge on any atom is 0.310 e. The van der Waals surface area contributed by atoms with Crippen molar-refractivity contribution in [3.63, 3.8) is 0 Å². The number of rotatable bonds is 6. The molecule has 0 saturated heterocycles. The fourth-order valence-electron chi connectivity index (χ4n) is 3.77. The zero-order valence-corrected chi connectivity index (χ0v) is 14.7. The van der Waals surface area contributed by atoms with Gasteiger partial charge in [0, 0.05) is 24.9 Å². The van der Waals surface area contributed by atoms with Crippen LogP contribution in [0.4, 0.5) is 5.69 Å². The Morgan fingerprint density at radius 2 is 2.20 bits per heavy atom. The number of ether oxygens (including phenoxy) is 1. The number of esters is 1. The van der Waals surface area contributed by atoms with Crippen molar-refractivity contribution >= 4 is 17.9 Å². The van der Waals surface area contributed by atoms with Gasteiger partial charge >= 0.3 is 5.97 Å². The summed E-state index contributed by atoms with van der Waals surface area (Å²) in [6.07, 6.45) is 11.5. The van der Waals surface area contributed by atoms with Crippen LogP contribution in [0.1, 0.15) is 43.2 Å². The summed E-state index contributed by atoms with van der Waals surface area (Å²) in [6, 6.07) is 6.45. The van der Waals surface area contributed by atoms with Gasteiger partial charge in [-0.2, -0.15) is 0 Å². The van der Waals surface area contributed by atoms with E-state index >= 15 is 0 Å². The molecule has 2 heterocycles. The number of carbonyl (C=O) groups excluding carboxylic acids is 1. The molecule has 3 aliphatic rings. The van der Waals surface area contributed by atoms with Gasteiger partial charge in [-0.3, -0.25) is 9.79 Å². The summed E-state index contributed by atoms with van der Waals surface area (Å²) >= 11 is 0. The maximum absolute atomic E-state index is 12.1.